The largest absolute Gasteiger partial charge is 0.345 e. The molecule has 0 spiro atoms. The van der Waals surface area contributed by atoms with Crippen LogP contribution in [0.5, 0.6) is 0 Å². The van der Waals surface area contributed by atoms with Gasteiger partial charge in [0.2, 0.25) is 11.8 Å². The maximum atomic E-state index is 12.1. The number of nitrogens with zero attached hydrogens (tertiary/aromatic N) is 1. The van der Waals surface area contributed by atoms with Gasteiger partial charge in [-0.2, -0.15) is 0 Å². The van der Waals surface area contributed by atoms with Gasteiger partial charge in [-0.1, -0.05) is 12.8 Å². The number of likely N-dealkylation sites (tertiary alicyclic amines) is 1. The highest BCUT2D eigenvalue weighted by atomic mass is 16.2. The second-order valence-electron chi connectivity index (χ2n) is 6.23. The molecule has 20 heavy (non-hydrogen) atoms. The van der Waals surface area contributed by atoms with Crippen LogP contribution >= 0.6 is 0 Å². The highest BCUT2D eigenvalue weighted by molar-refractivity contribution is 5.87. The lowest BCUT2D eigenvalue weighted by molar-refractivity contribution is -0.135. The van der Waals surface area contributed by atoms with Crippen LogP contribution in [0.4, 0.5) is 0 Å². The van der Waals surface area contributed by atoms with E-state index in [1.165, 1.54) is 6.42 Å². The van der Waals surface area contributed by atoms with Gasteiger partial charge in [0.25, 0.3) is 0 Å². The van der Waals surface area contributed by atoms with E-state index in [2.05, 4.69) is 5.32 Å². The summed E-state index contributed by atoms with van der Waals surface area (Å²) in [6.45, 7) is 3.43. The fourth-order valence-electron chi connectivity index (χ4n) is 3.30. The lowest BCUT2D eigenvalue weighted by Gasteiger charge is -2.28. The van der Waals surface area contributed by atoms with Gasteiger partial charge >= 0.3 is 0 Å². The minimum absolute atomic E-state index is 0.0348. The molecule has 0 radical (unpaired) electrons. The third-order valence-corrected chi connectivity index (χ3v) is 4.58. The van der Waals surface area contributed by atoms with Crippen molar-refractivity contribution in [1.82, 2.24) is 10.2 Å². The molecule has 2 fully saturated rings. The Labute approximate surface area is 121 Å². The van der Waals surface area contributed by atoms with Crippen LogP contribution in [0.25, 0.3) is 0 Å². The highest BCUT2D eigenvalue weighted by Crippen LogP contribution is 2.25. The summed E-state index contributed by atoms with van der Waals surface area (Å²) in [4.78, 5) is 26.0. The molecule has 0 aromatic carbocycles. The maximum Gasteiger partial charge on any atom is 0.244 e. The van der Waals surface area contributed by atoms with Crippen molar-refractivity contribution in [2.75, 3.05) is 13.1 Å². The molecular weight excluding hydrogens is 254 g/mol. The van der Waals surface area contributed by atoms with Crippen molar-refractivity contribution in [3.8, 4) is 0 Å². The quantitative estimate of drug-likeness (QED) is 0.808. The second-order valence-corrected chi connectivity index (χ2v) is 6.23. The summed E-state index contributed by atoms with van der Waals surface area (Å²) in [6.07, 6.45) is 6.98. The molecule has 2 aliphatic rings. The predicted molar refractivity (Wildman–Crippen MR) is 78.0 cm³/mol. The summed E-state index contributed by atoms with van der Waals surface area (Å²) in [6, 6.07) is -0.278. The van der Waals surface area contributed by atoms with Crippen molar-refractivity contribution in [1.29, 1.82) is 0 Å². The Bertz CT molecular complexity index is 353. The first-order valence-corrected chi connectivity index (χ1v) is 7.91. The fraction of sp³-hybridized carbons (Fsp3) is 0.867. The average molecular weight is 281 g/mol. The minimum Gasteiger partial charge on any atom is -0.345 e. The van der Waals surface area contributed by atoms with Crippen LogP contribution in [0.2, 0.25) is 0 Å². The number of hydrogen-bond acceptors (Lipinski definition) is 3. The Kier molecular flexibility index (Phi) is 5.40. The van der Waals surface area contributed by atoms with Crippen LogP contribution in [0, 0.1) is 5.92 Å². The van der Waals surface area contributed by atoms with Crippen LogP contribution in [-0.2, 0) is 9.59 Å². The molecule has 0 bridgehead atoms. The van der Waals surface area contributed by atoms with Crippen LogP contribution in [-0.4, -0.2) is 41.9 Å². The molecule has 0 aromatic heterocycles. The van der Waals surface area contributed by atoms with Crippen molar-refractivity contribution in [2.24, 2.45) is 11.7 Å². The van der Waals surface area contributed by atoms with Crippen molar-refractivity contribution in [3.63, 3.8) is 0 Å². The van der Waals surface area contributed by atoms with E-state index in [0.29, 0.717) is 6.42 Å². The van der Waals surface area contributed by atoms with Crippen LogP contribution in [0.15, 0.2) is 0 Å². The summed E-state index contributed by atoms with van der Waals surface area (Å²) in [5.41, 5.74) is 6.06. The predicted octanol–water partition coefficient (Wildman–Crippen LogP) is 1.02. The molecule has 1 aliphatic heterocycles. The Balaban J connectivity index is 1.76. The number of carbonyl (C=O) groups is 2. The third-order valence-electron chi connectivity index (χ3n) is 4.58. The number of nitrogens with one attached hydrogen (secondary N) is 1. The molecular formula is C15H27N3O2. The molecule has 0 aromatic rings. The minimum atomic E-state index is -0.416. The molecule has 1 saturated heterocycles. The lowest BCUT2D eigenvalue weighted by atomic mass is 9.83. The third kappa shape index (κ3) is 3.95. The maximum absolute atomic E-state index is 12.1. The Hall–Kier alpha value is -1.10. The summed E-state index contributed by atoms with van der Waals surface area (Å²) in [5, 5.41) is 2.84. The van der Waals surface area contributed by atoms with E-state index in [0.717, 1.165) is 45.2 Å². The van der Waals surface area contributed by atoms with Gasteiger partial charge in [0, 0.05) is 25.6 Å². The molecule has 5 nitrogen and oxygen atoms in total. The SMILES string of the molecule is CC(NC(=O)CC1CCCCC1N)C(=O)N1CCCC1. The zero-order chi connectivity index (χ0) is 14.5. The summed E-state index contributed by atoms with van der Waals surface area (Å²) in [7, 11) is 0. The average Bonchev–Trinajstić information content (AvgIpc) is 2.94. The molecule has 3 unspecified atom stereocenters. The van der Waals surface area contributed by atoms with Crippen LogP contribution < -0.4 is 11.1 Å². The van der Waals surface area contributed by atoms with Gasteiger partial charge in [0.15, 0.2) is 0 Å². The monoisotopic (exact) mass is 281 g/mol. The van der Waals surface area contributed by atoms with E-state index >= 15 is 0 Å². The number of rotatable bonds is 4. The van der Waals surface area contributed by atoms with Crippen molar-refractivity contribution < 1.29 is 9.59 Å². The first kappa shape index (κ1) is 15.3. The molecule has 114 valence electrons. The van der Waals surface area contributed by atoms with Crippen molar-refractivity contribution in [2.45, 2.75) is 64.0 Å². The highest BCUT2D eigenvalue weighted by Gasteiger charge is 2.27. The van der Waals surface area contributed by atoms with Crippen molar-refractivity contribution >= 4 is 11.8 Å². The fourth-order valence-corrected chi connectivity index (χ4v) is 3.30. The lowest BCUT2D eigenvalue weighted by Crippen LogP contribution is -2.47. The Morgan fingerprint density at radius 3 is 2.50 bits per heavy atom. The van der Waals surface area contributed by atoms with Gasteiger partial charge in [-0.15, -0.1) is 0 Å². The molecule has 1 aliphatic carbocycles. The molecule has 2 amide bonds. The normalized spacial score (nSPS) is 28.2. The van der Waals surface area contributed by atoms with Gasteiger partial charge in [-0.25, -0.2) is 0 Å². The van der Waals surface area contributed by atoms with E-state index in [9.17, 15) is 9.59 Å². The Morgan fingerprint density at radius 2 is 1.85 bits per heavy atom. The zero-order valence-electron chi connectivity index (χ0n) is 12.4. The van der Waals surface area contributed by atoms with E-state index < -0.39 is 6.04 Å². The standard InChI is InChI=1S/C15H27N3O2/c1-11(15(20)18-8-4-5-9-18)17-14(19)10-12-6-2-3-7-13(12)16/h11-13H,2-10,16H2,1H3,(H,17,19). The van der Waals surface area contributed by atoms with E-state index in [1.807, 2.05) is 4.90 Å². The van der Waals surface area contributed by atoms with E-state index in [-0.39, 0.29) is 23.8 Å². The summed E-state index contributed by atoms with van der Waals surface area (Å²) < 4.78 is 0. The number of carbonyl (C=O) groups excluding carboxylic acids is 2. The first-order chi connectivity index (χ1) is 9.58. The number of amides is 2. The van der Waals surface area contributed by atoms with Gasteiger partial charge in [0.1, 0.15) is 6.04 Å². The van der Waals surface area contributed by atoms with Gasteiger partial charge in [-0.3, -0.25) is 9.59 Å². The first-order valence-electron chi connectivity index (χ1n) is 7.91. The molecule has 5 heteroatoms. The molecule has 3 N–H and O–H groups in total. The molecule has 1 saturated carbocycles. The van der Waals surface area contributed by atoms with E-state index in [4.69, 9.17) is 5.73 Å². The summed E-state index contributed by atoms with van der Waals surface area (Å²) >= 11 is 0. The molecule has 1 heterocycles. The zero-order valence-corrected chi connectivity index (χ0v) is 12.4. The van der Waals surface area contributed by atoms with Gasteiger partial charge < -0.3 is 16.0 Å². The molecule has 2 rings (SSSR count). The second kappa shape index (κ2) is 7.07. The van der Waals surface area contributed by atoms with Crippen LogP contribution in [0.3, 0.4) is 0 Å². The Morgan fingerprint density at radius 1 is 1.20 bits per heavy atom. The van der Waals surface area contributed by atoms with Crippen LogP contribution in [0.1, 0.15) is 51.9 Å². The topological polar surface area (TPSA) is 75.4 Å². The summed E-state index contributed by atoms with van der Waals surface area (Å²) in [5.74, 6) is 0.286. The van der Waals surface area contributed by atoms with Gasteiger partial charge in [0.05, 0.1) is 0 Å². The smallest absolute Gasteiger partial charge is 0.244 e. The van der Waals surface area contributed by atoms with E-state index in [1.54, 1.807) is 6.92 Å². The number of hydrogen-bond donors (Lipinski definition) is 2. The van der Waals surface area contributed by atoms with Gasteiger partial charge in [-0.05, 0) is 38.5 Å². The van der Waals surface area contributed by atoms with Crippen molar-refractivity contribution in [3.05, 3.63) is 0 Å². The number of nitrogens with two attached hydrogens (primary N) is 1. The molecule has 3 atom stereocenters.